The van der Waals surface area contributed by atoms with Crippen LogP contribution in [0, 0.1) is 17.7 Å². The molecule has 0 saturated heterocycles. The molecule has 1 aliphatic carbocycles. The number of aromatic nitrogens is 4. The maximum atomic E-state index is 15.0. The fraction of sp³-hybridized carbons (Fsp3) is 0.400. The van der Waals surface area contributed by atoms with Crippen LogP contribution >= 0.6 is 0 Å². The number of ether oxygens (including phenoxy) is 1. The summed E-state index contributed by atoms with van der Waals surface area (Å²) in [6.45, 7) is 1.45. The second-order valence-electron chi connectivity index (χ2n) is 9.38. The molecule has 4 N–H and O–H groups in total. The highest BCUT2D eigenvalue weighted by Gasteiger charge is 2.43. The molecule has 1 amide bonds. The molecular formula is C25H26FN5O4. The van der Waals surface area contributed by atoms with Gasteiger partial charge in [0, 0.05) is 32.0 Å². The summed E-state index contributed by atoms with van der Waals surface area (Å²) in [7, 11) is 3.14. The molecule has 1 unspecified atom stereocenters. The van der Waals surface area contributed by atoms with Crippen molar-refractivity contribution >= 4 is 5.91 Å². The highest BCUT2D eigenvalue weighted by atomic mass is 19.1. The van der Waals surface area contributed by atoms with Crippen LogP contribution in [0.3, 0.4) is 0 Å². The Morgan fingerprint density at radius 2 is 2.17 bits per heavy atom. The van der Waals surface area contributed by atoms with E-state index in [1.165, 1.54) is 24.8 Å². The molecule has 182 valence electrons. The molecule has 3 aromatic rings. The molecule has 1 aromatic carbocycles. The number of imidazole rings is 1. The van der Waals surface area contributed by atoms with Gasteiger partial charge < -0.3 is 25.3 Å². The number of aliphatic hydroxyl groups excluding tert-OH is 1. The van der Waals surface area contributed by atoms with Gasteiger partial charge in [0.25, 0.3) is 5.91 Å². The van der Waals surface area contributed by atoms with Gasteiger partial charge in [-0.3, -0.25) is 9.48 Å². The second kappa shape index (κ2) is 8.30. The first kappa shape index (κ1) is 23.2. The number of hydrogen-bond donors (Lipinski definition) is 3. The van der Waals surface area contributed by atoms with E-state index in [9.17, 15) is 15.0 Å². The fourth-order valence-electron chi connectivity index (χ4n) is 5.03. The Morgan fingerprint density at radius 1 is 1.43 bits per heavy atom. The molecule has 2 atom stereocenters. The summed E-state index contributed by atoms with van der Waals surface area (Å²) in [5, 5.41) is 25.7. The largest absolute Gasteiger partial charge is 0.381 e. The van der Waals surface area contributed by atoms with Crippen LogP contribution in [-0.4, -0.2) is 54.8 Å². The zero-order valence-corrected chi connectivity index (χ0v) is 19.6. The van der Waals surface area contributed by atoms with Gasteiger partial charge in [0.2, 0.25) is 0 Å². The quantitative estimate of drug-likeness (QED) is 0.479. The number of nitrogens with two attached hydrogens (primary N) is 1. The number of hydrogen-bond acceptors (Lipinski definition) is 6. The van der Waals surface area contributed by atoms with Crippen LogP contribution < -0.4 is 5.73 Å². The molecule has 2 bridgehead atoms. The normalized spacial score (nSPS) is 20.4. The summed E-state index contributed by atoms with van der Waals surface area (Å²) in [5.74, 6) is 4.65. The van der Waals surface area contributed by atoms with Gasteiger partial charge in [0.1, 0.15) is 23.3 Å². The van der Waals surface area contributed by atoms with Gasteiger partial charge in [0.15, 0.2) is 5.69 Å². The lowest BCUT2D eigenvalue weighted by atomic mass is 9.75. The molecule has 9 nitrogen and oxygen atoms in total. The topological polar surface area (TPSA) is 128 Å². The minimum atomic E-state index is -1.45. The van der Waals surface area contributed by atoms with Gasteiger partial charge in [-0.15, -0.1) is 0 Å². The fourth-order valence-corrected chi connectivity index (χ4v) is 5.03. The number of rotatable bonds is 5. The second-order valence-corrected chi connectivity index (χ2v) is 9.38. The molecule has 0 spiro atoms. The molecule has 2 aliphatic heterocycles. The van der Waals surface area contributed by atoms with Gasteiger partial charge in [-0.1, -0.05) is 11.8 Å². The maximum absolute atomic E-state index is 15.0. The highest BCUT2D eigenvalue weighted by molar-refractivity contribution is 5.93. The third-order valence-electron chi connectivity index (χ3n) is 6.77. The average Bonchev–Trinajstić information content (AvgIpc) is 3.30. The third kappa shape index (κ3) is 3.82. The van der Waals surface area contributed by atoms with Crippen LogP contribution in [-0.2, 0) is 11.8 Å². The minimum absolute atomic E-state index is 0.0269. The number of amides is 1. The number of nitrogens with zero attached hydrogens (tertiary/aromatic N) is 4. The molecule has 0 radical (unpaired) electrons. The van der Waals surface area contributed by atoms with E-state index in [2.05, 4.69) is 21.9 Å². The van der Waals surface area contributed by atoms with Crippen molar-refractivity contribution < 1.29 is 24.1 Å². The van der Waals surface area contributed by atoms with Gasteiger partial charge in [0.05, 0.1) is 23.6 Å². The lowest BCUT2D eigenvalue weighted by molar-refractivity contribution is 0.0274. The minimum Gasteiger partial charge on any atom is -0.381 e. The predicted molar refractivity (Wildman–Crippen MR) is 124 cm³/mol. The molecule has 35 heavy (non-hydrogen) atoms. The smallest absolute Gasteiger partial charge is 0.269 e. The van der Waals surface area contributed by atoms with E-state index >= 15 is 4.39 Å². The van der Waals surface area contributed by atoms with E-state index in [1.807, 2.05) is 4.57 Å². The standard InChI is InChI=1S/C25H26FN5O4/c1-25(34,12-35-3)6-4-13-10-17-16(11-18(13)26)14-8-15(9-14)31-21(20(23(27)33)29-24(17)31)22(32)19-5-7-28-30(19)2/h5,7,10-11,14-15,22,32,34H,8-9,12H2,1-3H3,(H2,27,33)/t14?,15?,22?,25-/m0/s1. The monoisotopic (exact) mass is 479 g/mol. The summed E-state index contributed by atoms with van der Waals surface area (Å²) >= 11 is 0. The number of carbonyl (C=O) groups is 1. The Kier molecular flexibility index (Phi) is 5.51. The molecule has 1 fully saturated rings. The molecule has 2 aromatic heterocycles. The SMILES string of the molecule is COC[C@@](C)(O)C#Cc1cc2c(cc1F)C1CC(C1)n1c-2nc(C(N)=O)c1C(O)c1ccnn1C. The Labute approximate surface area is 201 Å². The number of halogens is 1. The van der Waals surface area contributed by atoms with E-state index in [4.69, 9.17) is 10.5 Å². The Morgan fingerprint density at radius 3 is 2.80 bits per heavy atom. The third-order valence-corrected chi connectivity index (χ3v) is 6.77. The lowest BCUT2D eigenvalue weighted by Gasteiger charge is -2.36. The Hall–Kier alpha value is -3.52. The van der Waals surface area contributed by atoms with Crippen LogP contribution in [0.5, 0.6) is 0 Å². The van der Waals surface area contributed by atoms with Gasteiger partial charge in [-0.2, -0.15) is 5.10 Å². The first-order chi connectivity index (χ1) is 16.6. The highest BCUT2D eigenvalue weighted by Crippen LogP contribution is 2.54. The van der Waals surface area contributed by atoms with Crippen molar-refractivity contribution in [3.63, 3.8) is 0 Å². The van der Waals surface area contributed by atoms with Crippen LogP contribution in [0.4, 0.5) is 4.39 Å². The first-order valence-electron chi connectivity index (χ1n) is 11.3. The number of benzene rings is 1. The van der Waals surface area contributed by atoms with Crippen molar-refractivity contribution in [3.05, 3.63) is 58.4 Å². The van der Waals surface area contributed by atoms with E-state index in [1.54, 1.807) is 25.4 Å². The number of aryl methyl sites for hydroxylation is 1. The van der Waals surface area contributed by atoms with E-state index in [-0.39, 0.29) is 29.8 Å². The zero-order chi connectivity index (χ0) is 25.1. The molecule has 6 rings (SSSR count). The summed E-state index contributed by atoms with van der Waals surface area (Å²) in [5.41, 5.74) is 6.46. The van der Waals surface area contributed by atoms with Crippen molar-refractivity contribution in [1.82, 2.24) is 19.3 Å². The summed E-state index contributed by atoms with van der Waals surface area (Å²) in [6.07, 6.45) is 1.80. The predicted octanol–water partition coefficient (Wildman–Crippen LogP) is 1.78. The summed E-state index contributed by atoms with van der Waals surface area (Å²) in [4.78, 5) is 17.0. The van der Waals surface area contributed by atoms with Crippen LogP contribution in [0.1, 0.15) is 70.8 Å². The van der Waals surface area contributed by atoms with Crippen molar-refractivity contribution in [1.29, 1.82) is 0 Å². The maximum Gasteiger partial charge on any atom is 0.269 e. The van der Waals surface area contributed by atoms with Crippen molar-refractivity contribution in [2.45, 2.75) is 43.4 Å². The molecule has 10 heteroatoms. The number of aliphatic hydroxyl groups is 2. The molecule has 1 saturated carbocycles. The number of carbonyl (C=O) groups excluding carboxylic acids is 1. The van der Waals surface area contributed by atoms with Gasteiger partial charge in [-0.05, 0) is 49.4 Å². The van der Waals surface area contributed by atoms with E-state index < -0.39 is 23.4 Å². The van der Waals surface area contributed by atoms with Gasteiger partial charge >= 0.3 is 0 Å². The van der Waals surface area contributed by atoms with Crippen molar-refractivity contribution in [3.8, 4) is 23.2 Å². The Bertz CT molecular complexity index is 1390. The van der Waals surface area contributed by atoms with E-state index in [0.29, 0.717) is 35.6 Å². The zero-order valence-electron chi connectivity index (χ0n) is 19.6. The first-order valence-corrected chi connectivity index (χ1v) is 11.3. The van der Waals surface area contributed by atoms with E-state index in [0.717, 1.165) is 5.56 Å². The van der Waals surface area contributed by atoms with Crippen LogP contribution in [0.25, 0.3) is 11.4 Å². The lowest BCUT2D eigenvalue weighted by Crippen LogP contribution is -2.27. The molecule has 4 heterocycles. The Balaban J connectivity index is 1.70. The molecular weight excluding hydrogens is 453 g/mol. The summed E-state index contributed by atoms with van der Waals surface area (Å²) in [6, 6.07) is 4.68. The van der Waals surface area contributed by atoms with Crippen molar-refractivity contribution in [2.75, 3.05) is 13.7 Å². The average molecular weight is 480 g/mol. The van der Waals surface area contributed by atoms with Gasteiger partial charge in [-0.25, -0.2) is 9.37 Å². The van der Waals surface area contributed by atoms with Crippen molar-refractivity contribution in [2.24, 2.45) is 12.8 Å². The number of primary amides is 1. The number of methoxy groups -OCH3 is 1. The molecule has 3 aliphatic rings. The van der Waals surface area contributed by atoms with Crippen LogP contribution in [0.15, 0.2) is 24.4 Å². The summed E-state index contributed by atoms with van der Waals surface area (Å²) < 4.78 is 23.4. The van der Waals surface area contributed by atoms with Crippen LogP contribution in [0.2, 0.25) is 0 Å².